The van der Waals surface area contributed by atoms with E-state index < -0.39 is 18.0 Å². The number of halogens is 1. The maximum atomic E-state index is 11.7. The van der Waals surface area contributed by atoms with Gasteiger partial charge in [0.1, 0.15) is 11.5 Å². The number of nitrogens with zero attached hydrogens (tertiary/aromatic N) is 1. The zero-order valence-corrected chi connectivity index (χ0v) is 22.0. The average Bonchev–Trinajstić information content (AvgIpc) is 2.93. The first-order valence-electron chi connectivity index (χ1n) is 12.7. The molecule has 8 nitrogen and oxygen atoms in total. The van der Waals surface area contributed by atoms with Gasteiger partial charge in [-0.15, -0.1) is 0 Å². The average molecular weight is 552 g/mol. The Morgan fingerprint density at radius 3 is 2.46 bits per heavy atom. The maximum Gasteiger partial charge on any atom is 0.346 e. The number of rotatable bonds is 13. The van der Waals surface area contributed by atoms with Crippen molar-refractivity contribution in [1.82, 2.24) is 0 Å². The van der Waals surface area contributed by atoms with E-state index in [1.807, 2.05) is 77.7 Å². The highest BCUT2D eigenvalue weighted by Crippen LogP contribution is 2.38. The van der Waals surface area contributed by atoms with Gasteiger partial charge in [0, 0.05) is 24.9 Å². The molecule has 0 spiro atoms. The number of carboxylic acid groups (broad SMARTS) is 2. The highest BCUT2D eigenvalue weighted by Gasteiger charge is 2.31. The second kappa shape index (κ2) is 13.6. The van der Waals surface area contributed by atoms with E-state index in [1.54, 1.807) is 6.07 Å². The Balaban J connectivity index is 1.35. The lowest BCUT2D eigenvalue weighted by Gasteiger charge is -2.35. The standard InChI is InChI=1S/C30H30ClNO7/c31-24-7-1-2-9-26(24)38-19-5-18-37-23-15-12-21(13-16-23)11-14-22-6-3-8-25-29(22)39-27(30(35)36)20-32(25)17-4-10-28(33)34/h1-3,6-9,11-16,27H,4-5,10,17-20H2,(H,33,34)(H,35,36)/b14-11+. The van der Waals surface area contributed by atoms with Crippen LogP contribution in [0.15, 0.2) is 66.7 Å². The van der Waals surface area contributed by atoms with Crippen LogP contribution in [0.25, 0.3) is 12.2 Å². The van der Waals surface area contributed by atoms with Crippen LogP contribution in [-0.2, 0) is 9.59 Å². The molecule has 1 unspecified atom stereocenters. The SMILES string of the molecule is O=C(O)CCCN1CC(C(=O)O)Oc2c(/C=C/c3ccc(OCCCOc4ccccc4Cl)cc3)cccc21. The molecule has 4 rings (SSSR count). The Morgan fingerprint density at radius 2 is 1.72 bits per heavy atom. The third kappa shape index (κ3) is 7.91. The van der Waals surface area contributed by atoms with Crippen molar-refractivity contribution in [2.45, 2.75) is 25.4 Å². The minimum atomic E-state index is -1.06. The summed E-state index contributed by atoms with van der Waals surface area (Å²) in [6, 6.07) is 20.6. The van der Waals surface area contributed by atoms with Gasteiger partial charge in [-0.3, -0.25) is 4.79 Å². The monoisotopic (exact) mass is 551 g/mol. The molecule has 9 heteroatoms. The highest BCUT2D eigenvalue weighted by molar-refractivity contribution is 6.32. The molecule has 0 aliphatic carbocycles. The van der Waals surface area contributed by atoms with Crippen LogP contribution in [0.4, 0.5) is 5.69 Å². The molecule has 204 valence electrons. The summed E-state index contributed by atoms with van der Waals surface area (Å²) in [4.78, 5) is 24.5. The lowest BCUT2D eigenvalue weighted by molar-refractivity contribution is -0.145. The zero-order valence-electron chi connectivity index (χ0n) is 21.3. The second-order valence-corrected chi connectivity index (χ2v) is 9.37. The third-order valence-electron chi connectivity index (χ3n) is 6.09. The number of fused-ring (bicyclic) bond motifs is 1. The van der Waals surface area contributed by atoms with Gasteiger partial charge in [-0.25, -0.2) is 4.79 Å². The molecule has 1 heterocycles. The summed E-state index contributed by atoms with van der Waals surface area (Å²) in [5.41, 5.74) is 2.42. The van der Waals surface area contributed by atoms with Crippen molar-refractivity contribution < 1.29 is 34.0 Å². The number of ether oxygens (including phenoxy) is 3. The predicted molar refractivity (Wildman–Crippen MR) is 150 cm³/mol. The van der Waals surface area contributed by atoms with E-state index in [0.717, 1.165) is 22.6 Å². The summed E-state index contributed by atoms with van der Waals surface area (Å²) in [7, 11) is 0. The van der Waals surface area contributed by atoms with Crippen molar-refractivity contribution >= 4 is 41.4 Å². The summed E-state index contributed by atoms with van der Waals surface area (Å²) >= 11 is 6.09. The fraction of sp³-hybridized carbons (Fsp3) is 0.267. The molecule has 1 atom stereocenters. The van der Waals surface area contributed by atoms with Crippen LogP contribution >= 0.6 is 11.6 Å². The molecule has 0 fully saturated rings. The third-order valence-corrected chi connectivity index (χ3v) is 6.41. The molecule has 0 radical (unpaired) electrons. The second-order valence-electron chi connectivity index (χ2n) is 8.97. The highest BCUT2D eigenvalue weighted by atomic mass is 35.5. The Hall–Kier alpha value is -4.17. The van der Waals surface area contributed by atoms with Crippen LogP contribution in [0.1, 0.15) is 30.4 Å². The minimum absolute atomic E-state index is 0.0140. The molecule has 0 bridgehead atoms. The summed E-state index contributed by atoms with van der Waals surface area (Å²) in [6.07, 6.45) is 3.88. The van der Waals surface area contributed by atoms with Crippen molar-refractivity contribution in [3.8, 4) is 17.2 Å². The Labute approximate surface area is 232 Å². The van der Waals surface area contributed by atoms with Gasteiger partial charge in [0.25, 0.3) is 0 Å². The molecule has 0 aromatic heterocycles. The number of hydrogen-bond donors (Lipinski definition) is 2. The van der Waals surface area contributed by atoms with Crippen LogP contribution in [-0.4, -0.2) is 54.6 Å². The number of carboxylic acids is 2. The number of benzene rings is 3. The fourth-order valence-electron chi connectivity index (χ4n) is 4.14. The van der Waals surface area contributed by atoms with Gasteiger partial charge in [0.15, 0.2) is 5.75 Å². The Kier molecular flexibility index (Phi) is 9.69. The molecular weight excluding hydrogens is 522 g/mol. The quantitative estimate of drug-likeness (QED) is 0.200. The lowest BCUT2D eigenvalue weighted by Crippen LogP contribution is -2.45. The summed E-state index contributed by atoms with van der Waals surface area (Å²) in [5.74, 6) is -0.0689. The first-order valence-corrected chi connectivity index (χ1v) is 13.1. The molecule has 2 N–H and O–H groups in total. The van der Waals surface area contributed by atoms with Gasteiger partial charge in [-0.2, -0.15) is 0 Å². The van der Waals surface area contributed by atoms with E-state index >= 15 is 0 Å². The smallest absolute Gasteiger partial charge is 0.346 e. The summed E-state index contributed by atoms with van der Waals surface area (Å²) in [6.45, 7) is 1.57. The lowest BCUT2D eigenvalue weighted by atomic mass is 10.1. The van der Waals surface area contributed by atoms with Crippen molar-refractivity contribution in [3.05, 3.63) is 82.9 Å². The van der Waals surface area contributed by atoms with Gasteiger partial charge < -0.3 is 29.3 Å². The fourth-order valence-corrected chi connectivity index (χ4v) is 4.33. The van der Waals surface area contributed by atoms with Crippen LogP contribution in [0.5, 0.6) is 17.2 Å². The van der Waals surface area contributed by atoms with Gasteiger partial charge in [0.2, 0.25) is 6.10 Å². The first-order chi connectivity index (χ1) is 18.9. The molecule has 3 aromatic rings. The molecule has 1 aliphatic rings. The largest absolute Gasteiger partial charge is 0.493 e. The molecule has 39 heavy (non-hydrogen) atoms. The molecule has 0 saturated carbocycles. The van der Waals surface area contributed by atoms with E-state index in [2.05, 4.69) is 0 Å². The van der Waals surface area contributed by atoms with E-state index in [-0.39, 0.29) is 13.0 Å². The van der Waals surface area contributed by atoms with E-state index in [4.69, 9.17) is 30.9 Å². The molecule has 0 saturated heterocycles. The Morgan fingerprint density at radius 1 is 0.949 bits per heavy atom. The van der Waals surface area contributed by atoms with E-state index in [9.17, 15) is 14.7 Å². The maximum absolute atomic E-state index is 11.7. The minimum Gasteiger partial charge on any atom is -0.493 e. The van der Waals surface area contributed by atoms with E-state index in [1.165, 1.54) is 0 Å². The number of anilines is 1. The number of hydrogen-bond acceptors (Lipinski definition) is 6. The van der Waals surface area contributed by atoms with Crippen LogP contribution in [0, 0.1) is 0 Å². The van der Waals surface area contributed by atoms with Crippen molar-refractivity contribution in [2.24, 2.45) is 0 Å². The van der Waals surface area contributed by atoms with Gasteiger partial charge in [-0.05, 0) is 42.3 Å². The summed E-state index contributed by atoms with van der Waals surface area (Å²) < 4.78 is 17.3. The van der Waals surface area contributed by atoms with Crippen LogP contribution in [0.3, 0.4) is 0 Å². The van der Waals surface area contributed by atoms with Gasteiger partial charge >= 0.3 is 11.9 Å². The topological polar surface area (TPSA) is 106 Å². The number of aliphatic carboxylic acids is 2. The molecule has 1 aliphatic heterocycles. The van der Waals surface area contributed by atoms with Gasteiger partial charge in [0.05, 0.1) is 30.5 Å². The number of carbonyl (C=O) groups is 2. The zero-order chi connectivity index (χ0) is 27.6. The molecule has 3 aromatic carbocycles. The molecule has 0 amide bonds. The number of para-hydroxylation sites is 2. The van der Waals surface area contributed by atoms with Crippen molar-refractivity contribution in [2.75, 3.05) is 31.2 Å². The summed E-state index contributed by atoms with van der Waals surface area (Å²) in [5, 5.41) is 19.1. The van der Waals surface area contributed by atoms with Crippen LogP contribution < -0.4 is 19.1 Å². The first kappa shape index (κ1) is 27.9. The van der Waals surface area contributed by atoms with E-state index in [0.29, 0.717) is 49.1 Å². The normalized spacial score (nSPS) is 14.5. The van der Waals surface area contributed by atoms with Crippen molar-refractivity contribution in [1.29, 1.82) is 0 Å². The van der Waals surface area contributed by atoms with Crippen LogP contribution in [0.2, 0.25) is 5.02 Å². The Bertz CT molecular complexity index is 1310. The van der Waals surface area contributed by atoms with Gasteiger partial charge in [-0.1, -0.05) is 60.2 Å². The van der Waals surface area contributed by atoms with Crippen molar-refractivity contribution in [3.63, 3.8) is 0 Å². The predicted octanol–water partition coefficient (Wildman–Crippen LogP) is 5.88. The molecular formula is C30H30ClNO7.